The Morgan fingerprint density at radius 2 is 0.950 bits per heavy atom. The fraction of sp³-hybridized carbons (Fsp3) is 0.111. The van der Waals surface area contributed by atoms with E-state index in [-0.39, 0.29) is 0 Å². The molecule has 102 valence electrons. The van der Waals surface area contributed by atoms with Gasteiger partial charge < -0.3 is 0 Å². The van der Waals surface area contributed by atoms with Crippen LogP contribution in [-0.2, 0) is 0 Å². The molecule has 2 unspecified atom stereocenters. The van der Waals surface area contributed by atoms with E-state index in [1.165, 1.54) is 10.4 Å². The summed E-state index contributed by atoms with van der Waals surface area (Å²) in [5, 5.41) is 2.90. The molecule has 2 heteroatoms. The molecule has 0 nitrogen and oxygen atoms in total. The van der Waals surface area contributed by atoms with Gasteiger partial charge in [0, 0.05) is 0 Å². The SMILES string of the molecule is C=C[Si](C)(c1ccccc1)[Si](C)(C=C)c1ccccc1. The summed E-state index contributed by atoms with van der Waals surface area (Å²) in [5.74, 6) is 0. The molecule has 0 aromatic heterocycles. The number of hydrogen-bond donors (Lipinski definition) is 0. The molecule has 2 aromatic carbocycles. The van der Waals surface area contributed by atoms with Gasteiger partial charge in [0.25, 0.3) is 0 Å². The maximum absolute atomic E-state index is 4.20. The van der Waals surface area contributed by atoms with E-state index in [9.17, 15) is 0 Å². The van der Waals surface area contributed by atoms with Crippen LogP contribution in [0, 0.1) is 0 Å². The molecule has 0 N–H and O–H groups in total. The molecule has 0 bridgehead atoms. The lowest BCUT2D eigenvalue weighted by atomic mass is 10.4. The first-order valence-electron chi connectivity index (χ1n) is 6.97. The Balaban J connectivity index is 2.64. The Hall–Kier alpha value is -1.65. The largest absolute Gasteiger partial charge is 0.108 e. The van der Waals surface area contributed by atoms with Crippen LogP contribution in [0.15, 0.2) is 85.2 Å². The summed E-state index contributed by atoms with van der Waals surface area (Å²) in [6.07, 6.45) is 0. The molecule has 0 aliphatic rings. The second-order valence-corrected chi connectivity index (χ2v) is 18.6. The maximum Gasteiger partial charge on any atom is 0.108 e. The molecule has 2 atom stereocenters. The first kappa shape index (κ1) is 14.8. The monoisotopic (exact) mass is 294 g/mol. The van der Waals surface area contributed by atoms with Crippen molar-refractivity contribution in [2.24, 2.45) is 0 Å². The van der Waals surface area contributed by atoms with Gasteiger partial charge in [-0.3, -0.25) is 0 Å². The Morgan fingerprint density at radius 1 is 0.650 bits per heavy atom. The van der Waals surface area contributed by atoms with Gasteiger partial charge in [0.05, 0.1) is 0 Å². The lowest BCUT2D eigenvalue weighted by Crippen LogP contribution is -2.70. The fourth-order valence-electron chi connectivity index (χ4n) is 2.83. The van der Waals surface area contributed by atoms with Crippen LogP contribution in [-0.4, -0.2) is 15.2 Å². The van der Waals surface area contributed by atoms with Gasteiger partial charge in [0.1, 0.15) is 15.2 Å². The van der Waals surface area contributed by atoms with Crippen molar-refractivity contribution >= 4 is 25.6 Å². The predicted molar refractivity (Wildman–Crippen MR) is 95.8 cm³/mol. The molecule has 0 aliphatic heterocycles. The zero-order valence-corrected chi connectivity index (χ0v) is 14.3. The van der Waals surface area contributed by atoms with Crippen molar-refractivity contribution in [2.45, 2.75) is 13.1 Å². The summed E-state index contributed by atoms with van der Waals surface area (Å²) < 4.78 is 0. The Morgan fingerprint density at radius 3 is 1.20 bits per heavy atom. The highest BCUT2D eigenvalue weighted by Crippen LogP contribution is 2.21. The Bertz CT molecular complexity index is 536. The van der Waals surface area contributed by atoms with E-state index in [0.29, 0.717) is 0 Å². The molecule has 2 aromatic rings. The van der Waals surface area contributed by atoms with E-state index >= 15 is 0 Å². The van der Waals surface area contributed by atoms with E-state index in [2.05, 4.69) is 98.3 Å². The number of hydrogen-bond acceptors (Lipinski definition) is 0. The highest BCUT2D eigenvalue weighted by Gasteiger charge is 2.46. The minimum absolute atomic E-state index is 1.45. The minimum atomic E-state index is -1.81. The summed E-state index contributed by atoms with van der Waals surface area (Å²) >= 11 is 0. The standard InChI is InChI=1S/C18H22Si2/c1-5-19(3,17-13-9-7-10-14-17)20(4,6-2)18-15-11-8-12-16-18/h5-16H,1-2H2,3-4H3. The van der Waals surface area contributed by atoms with Gasteiger partial charge in [-0.25, -0.2) is 0 Å². The van der Waals surface area contributed by atoms with Gasteiger partial charge in [-0.1, -0.05) is 95.5 Å². The van der Waals surface area contributed by atoms with Gasteiger partial charge in [-0.2, -0.15) is 0 Å². The van der Waals surface area contributed by atoms with Gasteiger partial charge in [0.2, 0.25) is 0 Å². The van der Waals surface area contributed by atoms with E-state index < -0.39 is 15.2 Å². The van der Waals surface area contributed by atoms with Gasteiger partial charge >= 0.3 is 0 Å². The lowest BCUT2D eigenvalue weighted by molar-refractivity contribution is 1.71. The second-order valence-electron chi connectivity index (χ2n) is 5.54. The van der Waals surface area contributed by atoms with Crippen LogP contribution in [0.1, 0.15) is 0 Å². The molecule has 2 rings (SSSR count). The molecule has 0 fully saturated rings. The Labute approximate surface area is 124 Å². The molecule has 0 spiro atoms. The van der Waals surface area contributed by atoms with E-state index in [1.807, 2.05) is 0 Å². The van der Waals surface area contributed by atoms with Crippen LogP contribution in [0.5, 0.6) is 0 Å². The lowest BCUT2D eigenvalue weighted by Gasteiger charge is -2.40. The summed E-state index contributed by atoms with van der Waals surface area (Å²) in [6, 6.07) is 21.7. The number of benzene rings is 2. The van der Waals surface area contributed by atoms with Gasteiger partial charge in [0.15, 0.2) is 0 Å². The molecular formula is C18H22Si2. The Kier molecular flexibility index (Phi) is 4.26. The molecule has 0 heterocycles. The first-order valence-corrected chi connectivity index (χ1v) is 13.1. The van der Waals surface area contributed by atoms with Crippen LogP contribution in [0.3, 0.4) is 0 Å². The predicted octanol–water partition coefficient (Wildman–Crippen LogP) is 3.49. The smallest absolute Gasteiger partial charge is 0.107 e. The average molecular weight is 295 g/mol. The van der Waals surface area contributed by atoms with Crippen LogP contribution in [0.4, 0.5) is 0 Å². The van der Waals surface area contributed by atoms with Crippen molar-refractivity contribution in [3.05, 3.63) is 85.2 Å². The van der Waals surface area contributed by atoms with Crippen LogP contribution in [0.2, 0.25) is 13.1 Å². The van der Waals surface area contributed by atoms with Crippen molar-refractivity contribution < 1.29 is 0 Å². The number of rotatable bonds is 5. The molecule has 0 radical (unpaired) electrons. The fourth-order valence-corrected chi connectivity index (χ4v) is 14.3. The van der Waals surface area contributed by atoms with Crippen molar-refractivity contribution in [1.29, 1.82) is 0 Å². The van der Waals surface area contributed by atoms with Crippen molar-refractivity contribution in [2.75, 3.05) is 0 Å². The highest BCUT2D eigenvalue weighted by molar-refractivity contribution is 7.54. The minimum Gasteiger partial charge on any atom is -0.107 e. The van der Waals surface area contributed by atoms with Crippen molar-refractivity contribution in [3.63, 3.8) is 0 Å². The van der Waals surface area contributed by atoms with Crippen LogP contribution < -0.4 is 10.4 Å². The zero-order chi connectivity index (χ0) is 14.6. The highest BCUT2D eigenvalue weighted by atomic mass is 29.3. The third-order valence-corrected chi connectivity index (χ3v) is 20.9. The summed E-state index contributed by atoms with van der Waals surface area (Å²) in [6.45, 7) is 13.2. The van der Waals surface area contributed by atoms with E-state index in [4.69, 9.17) is 0 Å². The van der Waals surface area contributed by atoms with E-state index in [1.54, 1.807) is 0 Å². The van der Waals surface area contributed by atoms with Crippen LogP contribution >= 0.6 is 0 Å². The summed E-state index contributed by atoms with van der Waals surface area (Å²) in [5.41, 5.74) is 4.48. The average Bonchev–Trinajstić information content (AvgIpc) is 2.54. The summed E-state index contributed by atoms with van der Waals surface area (Å²) in [7, 11) is -3.62. The summed E-state index contributed by atoms with van der Waals surface area (Å²) in [4.78, 5) is 0. The third kappa shape index (κ3) is 2.25. The topological polar surface area (TPSA) is 0 Å². The van der Waals surface area contributed by atoms with Crippen molar-refractivity contribution in [3.8, 4) is 0 Å². The maximum atomic E-state index is 4.20. The molecule has 0 saturated heterocycles. The first-order chi connectivity index (χ1) is 9.58. The third-order valence-electron chi connectivity index (χ3n) is 4.64. The van der Waals surface area contributed by atoms with E-state index in [0.717, 1.165) is 0 Å². The molecular weight excluding hydrogens is 272 g/mol. The van der Waals surface area contributed by atoms with Crippen molar-refractivity contribution in [1.82, 2.24) is 0 Å². The molecule has 0 aliphatic carbocycles. The van der Waals surface area contributed by atoms with Gasteiger partial charge in [-0.05, 0) is 0 Å². The molecule has 0 saturated carbocycles. The molecule has 0 amide bonds. The second kappa shape index (κ2) is 5.77. The van der Waals surface area contributed by atoms with Gasteiger partial charge in [-0.15, -0.1) is 13.2 Å². The quantitative estimate of drug-likeness (QED) is 0.741. The normalized spacial score (nSPS) is 16.7. The zero-order valence-electron chi connectivity index (χ0n) is 12.3. The van der Waals surface area contributed by atoms with Crippen LogP contribution in [0.25, 0.3) is 0 Å². The molecule has 20 heavy (non-hydrogen) atoms.